The van der Waals surface area contributed by atoms with Crippen LogP contribution in [-0.2, 0) is 9.53 Å². The van der Waals surface area contributed by atoms with Gasteiger partial charge in [-0.3, -0.25) is 9.69 Å². The molecule has 22 heavy (non-hydrogen) atoms. The van der Waals surface area contributed by atoms with Crippen molar-refractivity contribution in [3.05, 3.63) is 0 Å². The number of rotatable bonds is 6. The molecule has 2 fully saturated rings. The zero-order valence-electron chi connectivity index (χ0n) is 14.2. The summed E-state index contributed by atoms with van der Waals surface area (Å²) >= 11 is 0. The molecule has 5 heteroatoms. The van der Waals surface area contributed by atoms with E-state index in [1.807, 2.05) is 4.90 Å². The molecule has 1 unspecified atom stereocenters. The number of aliphatic hydroxyl groups excluding tert-OH is 1. The van der Waals surface area contributed by atoms with Crippen LogP contribution in [0.5, 0.6) is 0 Å². The fourth-order valence-corrected chi connectivity index (χ4v) is 3.71. The van der Waals surface area contributed by atoms with Crippen molar-refractivity contribution in [1.82, 2.24) is 9.80 Å². The van der Waals surface area contributed by atoms with E-state index in [0.717, 1.165) is 52.1 Å². The van der Waals surface area contributed by atoms with Crippen molar-refractivity contribution in [2.75, 3.05) is 52.5 Å². The van der Waals surface area contributed by atoms with E-state index < -0.39 is 0 Å². The first-order chi connectivity index (χ1) is 10.5. The maximum atomic E-state index is 12.9. The summed E-state index contributed by atoms with van der Waals surface area (Å²) in [4.78, 5) is 17.2. The molecule has 1 saturated carbocycles. The van der Waals surface area contributed by atoms with Crippen LogP contribution >= 0.6 is 0 Å². The van der Waals surface area contributed by atoms with Crippen LogP contribution in [0.2, 0.25) is 0 Å². The third-order valence-corrected chi connectivity index (χ3v) is 5.28. The molecule has 1 heterocycles. The van der Waals surface area contributed by atoms with Gasteiger partial charge >= 0.3 is 0 Å². The molecule has 1 saturated heterocycles. The summed E-state index contributed by atoms with van der Waals surface area (Å²) in [5, 5.41) is 9.32. The van der Waals surface area contributed by atoms with E-state index in [1.165, 1.54) is 6.42 Å². The minimum Gasteiger partial charge on any atom is -0.395 e. The highest BCUT2D eigenvalue weighted by Crippen LogP contribution is 2.41. The largest absolute Gasteiger partial charge is 0.395 e. The number of carbonyl (C=O) groups is 1. The number of nitrogens with zero attached hydrogens (tertiary/aromatic N) is 2. The Balaban J connectivity index is 1.92. The summed E-state index contributed by atoms with van der Waals surface area (Å²) < 4.78 is 5.36. The summed E-state index contributed by atoms with van der Waals surface area (Å²) in [6, 6.07) is 0. The van der Waals surface area contributed by atoms with Crippen molar-refractivity contribution >= 4 is 5.91 Å². The molecule has 128 valence electrons. The summed E-state index contributed by atoms with van der Waals surface area (Å²) in [6.45, 7) is 9.97. The first-order valence-corrected chi connectivity index (χ1v) is 8.74. The molecule has 0 bridgehead atoms. The molecular formula is C17H32N2O3. The van der Waals surface area contributed by atoms with Crippen LogP contribution < -0.4 is 0 Å². The van der Waals surface area contributed by atoms with Gasteiger partial charge in [0, 0.05) is 38.6 Å². The lowest BCUT2D eigenvalue weighted by atomic mass is 9.68. The lowest BCUT2D eigenvalue weighted by Gasteiger charge is -2.40. The van der Waals surface area contributed by atoms with Crippen molar-refractivity contribution in [2.24, 2.45) is 11.3 Å². The van der Waals surface area contributed by atoms with Gasteiger partial charge in [-0.2, -0.15) is 0 Å². The highest BCUT2D eigenvalue weighted by atomic mass is 16.5. The molecule has 0 radical (unpaired) electrons. The topological polar surface area (TPSA) is 53.0 Å². The highest BCUT2D eigenvalue weighted by Gasteiger charge is 2.39. The predicted molar refractivity (Wildman–Crippen MR) is 86.7 cm³/mol. The van der Waals surface area contributed by atoms with E-state index >= 15 is 0 Å². The first-order valence-electron chi connectivity index (χ1n) is 8.74. The molecule has 2 aliphatic rings. The number of aliphatic hydroxyl groups is 1. The minimum atomic E-state index is 0.0437. The molecule has 1 aliphatic carbocycles. The van der Waals surface area contributed by atoms with Gasteiger partial charge in [-0.25, -0.2) is 0 Å². The van der Waals surface area contributed by atoms with Gasteiger partial charge in [-0.15, -0.1) is 0 Å². The molecule has 1 atom stereocenters. The fourth-order valence-electron chi connectivity index (χ4n) is 3.71. The van der Waals surface area contributed by atoms with Gasteiger partial charge in [0.15, 0.2) is 0 Å². The van der Waals surface area contributed by atoms with E-state index in [2.05, 4.69) is 18.7 Å². The molecule has 0 aromatic rings. The molecular weight excluding hydrogens is 280 g/mol. The monoisotopic (exact) mass is 312 g/mol. The summed E-state index contributed by atoms with van der Waals surface area (Å²) in [6.07, 6.45) is 4.49. The Kier molecular flexibility index (Phi) is 6.66. The third kappa shape index (κ3) is 4.67. The number of morpholine rings is 1. The maximum absolute atomic E-state index is 12.9. The number of amides is 1. The molecule has 1 aliphatic heterocycles. The fraction of sp³-hybridized carbons (Fsp3) is 0.941. The van der Waals surface area contributed by atoms with Gasteiger partial charge in [0.25, 0.3) is 0 Å². The summed E-state index contributed by atoms with van der Waals surface area (Å²) in [7, 11) is 0. The van der Waals surface area contributed by atoms with Gasteiger partial charge in [-0.1, -0.05) is 26.7 Å². The number of carbonyl (C=O) groups excluding carboxylic acids is 1. The Labute approximate surface area is 134 Å². The van der Waals surface area contributed by atoms with E-state index in [0.29, 0.717) is 13.1 Å². The molecule has 0 aromatic heterocycles. The lowest BCUT2D eigenvalue weighted by molar-refractivity contribution is -0.142. The van der Waals surface area contributed by atoms with Crippen LogP contribution in [0.15, 0.2) is 0 Å². The molecule has 0 spiro atoms. The first kappa shape index (κ1) is 17.7. The SMILES string of the molecule is CC1(C)CCCCC1C(=O)N(CCO)CCN1CCOCC1. The number of ether oxygens (including phenoxy) is 1. The van der Waals surface area contributed by atoms with Crippen LogP contribution in [0.4, 0.5) is 0 Å². The second kappa shape index (κ2) is 8.27. The Morgan fingerprint density at radius 1 is 1.27 bits per heavy atom. The highest BCUT2D eigenvalue weighted by molar-refractivity contribution is 5.79. The maximum Gasteiger partial charge on any atom is 0.226 e. The second-order valence-corrected chi connectivity index (χ2v) is 7.29. The number of hydrogen-bond acceptors (Lipinski definition) is 4. The summed E-state index contributed by atoms with van der Waals surface area (Å²) in [5.41, 5.74) is 0.0853. The van der Waals surface area contributed by atoms with Gasteiger partial charge in [-0.05, 0) is 18.3 Å². The van der Waals surface area contributed by atoms with Crippen LogP contribution in [0.1, 0.15) is 39.5 Å². The normalized spacial score (nSPS) is 25.9. The zero-order valence-corrected chi connectivity index (χ0v) is 14.2. The Morgan fingerprint density at radius 2 is 2.00 bits per heavy atom. The van der Waals surface area contributed by atoms with E-state index in [-0.39, 0.29) is 23.8 Å². The van der Waals surface area contributed by atoms with Crippen LogP contribution in [0.25, 0.3) is 0 Å². The molecule has 1 N–H and O–H groups in total. The molecule has 5 nitrogen and oxygen atoms in total. The smallest absolute Gasteiger partial charge is 0.226 e. The quantitative estimate of drug-likeness (QED) is 0.804. The average Bonchev–Trinajstić information content (AvgIpc) is 2.51. The Hall–Kier alpha value is -0.650. The van der Waals surface area contributed by atoms with E-state index in [4.69, 9.17) is 4.74 Å². The zero-order chi connectivity index (χ0) is 16.0. The average molecular weight is 312 g/mol. The standard InChI is InChI=1S/C17H32N2O3/c1-17(2)6-4-3-5-15(17)16(21)19(9-12-20)8-7-18-10-13-22-14-11-18/h15,20H,3-14H2,1-2H3. The molecule has 1 amide bonds. The Bertz CT molecular complexity index is 354. The van der Waals surface area contributed by atoms with Crippen molar-refractivity contribution in [3.8, 4) is 0 Å². The summed E-state index contributed by atoms with van der Waals surface area (Å²) in [5.74, 6) is 0.351. The molecule has 2 rings (SSSR count). The Morgan fingerprint density at radius 3 is 2.64 bits per heavy atom. The van der Waals surface area contributed by atoms with E-state index in [1.54, 1.807) is 0 Å². The van der Waals surface area contributed by atoms with Crippen molar-refractivity contribution in [2.45, 2.75) is 39.5 Å². The third-order valence-electron chi connectivity index (χ3n) is 5.28. The van der Waals surface area contributed by atoms with Gasteiger partial charge in [0.1, 0.15) is 0 Å². The van der Waals surface area contributed by atoms with Crippen LogP contribution in [-0.4, -0.2) is 73.4 Å². The van der Waals surface area contributed by atoms with Crippen LogP contribution in [0.3, 0.4) is 0 Å². The lowest BCUT2D eigenvalue weighted by Crippen LogP contribution is -2.48. The molecule has 0 aromatic carbocycles. The van der Waals surface area contributed by atoms with Crippen molar-refractivity contribution in [1.29, 1.82) is 0 Å². The van der Waals surface area contributed by atoms with Gasteiger partial charge in [0.05, 0.1) is 19.8 Å². The van der Waals surface area contributed by atoms with Gasteiger partial charge < -0.3 is 14.7 Å². The van der Waals surface area contributed by atoms with Crippen molar-refractivity contribution < 1.29 is 14.6 Å². The second-order valence-electron chi connectivity index (χ2n) is 7.29. The predicted octanol–water partition coefficient (Wildman–Crippen LogP) is 1.36. The minimum absolute atomic E-state index is 0.0437. The van der Waals surface area contributed by atoms with Gasteiger partial charge in [0.2, 0.25) is 5.91 Å². The van der Waals surface area contributed by atoms with E-state index in [9.17, 15) is 9.90 Å². The van der Waals surface area contributed by atoms with Crippen molar-refractivity contribution in [3.63, 3.8) is 0 Å². The number of hydrogen-bond donors (Lipinski definition) is 1. The van der Waals surface area contributed by atoms with Crippen LogP contribution in [0, 0.1) is 11.3 Å².